The molecular formula is C15H18N2O. The predicted octanol–water partition coefficient (Wildman–Crippen LogP) is 1.67. The van der Waals surface area contributed by atoms with Gasteiger partial charge in [-0.25, -0.2) is 0 Å². The molecule has 0 spiro atoms. The van der Waals surface area contributed by atoms with Crippen molar-refractivity contribution < 1.29 is 4.79 Å². The van der Waals surface area contributed by atoms with Crippen LogP contribution in [0.2, 0.25) is 0 Å². The molecular weight excluding hydrogens is 224 g/mol. The number of likely N-dealkylation sites (tertiary alicyclic amines) is 1. The fourth-order valence-electron chi connectivity index (χ4n) is 4.17. The van der Waals surface area contributed by atoms with Crippen LogP contribution < -0.4 is 4.90 Å². The van der Waals surface area contributed by atoms with Crippen LogP contribution in [0.25, 0.3) is 0 Å². The topological polar surface area (TPSA) is 23.6 Å². The summed E-state index contributed by atoms with van der Waals surface area (Å²) in [6.07, 6.45) is 3.27. The van der Waals surface area contributed by atoms with Gasteiger partial charge in [0.25, 0.3) is 0 Å². The van der Waals surface area contributed by atoms with Crippen LogP contribution in [-0.4, -0.2) is 36.5 Å². The van der Waals surface area contributed by atoms with Crippen LogP contribution in [0.1, 0.15) is 18.4 Å². The van der Waals surface area contributed by atoms with Gasteiger partial charge in [0.2, 0.25) is 5.91 Å². The molecule has 2 saturated heterocycles. The van der Waals surface area contributed by atoms with Crippen LogP contribution in [0.4, 0.5) is 5.69 Å². The summed E-state index contributed by atoms with van der Waals surface area (Å²) in [5, 5.41) is 0. The van der Waals surface area contributed by atoms with Gasteiger partial charge in [-0.2, -0.15) is 0 Å². The molecule has 3 heterocycles. The van der Waals surface area contributed by atoms with Crippen LogP contribution in [0.3, 0.4) is 0 Å². The Labute approximate surface area is 107 Å². The number of piperidine rings is 1. The Balaban J connectivity index is 1.79. The van der Waals surface area contributed by atoms with E-state index in [0.29, 0.717) is 18.0 Å². The van der Waals surface area contributed by atoms with Gasteiger partial charge in [0.15, 0.2) is 0 Å². The maximum Gasteiger partial charge on any atom is 0.232 e. The summed E-state index contributed by atoms with van der Waals surface area (Å²) >= 11 is 0. The van der Waals surface area contributed by atoms with E-state index >= 15 is 0 Å². The van der Waals surface area contributed by atoms with E-state index in [0.717, 1.165) is 31.5 Å². The van der Waals surface area contributed by atoms with Gasteiger partial charge in [-0.3, -0.25) is 4.79 Å². The second-order valence-electron chi connectivity index (χ2n) is 5.83. The third-order valence-corrected chi connectivity index (χ3v) is 4.91. The molecule has 1 amide bonds. The first-order chi connectivity index (χ1) is 8.77. The van der Waals surface area contributed by atoms with Crippen molar-refractivity contribution >= 4 is 11.6 Å². The van der Waals surface area contributed by atoms with Crippen molar-refractivity contribution in [3.63, 3.8) is 0 Å². The molecule has 3 nitrogen and oxygen atoms in total. The monoisotopic (exact) mass is 242 g/mol. The lowest BCUT2D eigenvalue weighted by atomic mass is 9.87. The lowest BCUT2D eigenvalue weighted by Gasteiger charge is -2.35. The van der Waals surface area contributed by atoms with Crippen molar-refractivity contribution in [2.75, 3.05) is 18.5 Å². The number of hydrogen-bond acceptors (Lipinski definition) is 2. The first kappa shape index (κ1) is 10.6. The highest BCUT2D eigenvalue weighted by Gasteiger charge is 2.53. The molecule has 1 aromatic carbocycles. The molecule has 0 aromatic heterocycles. The molecule has 0 N–H and O–H groups in total. The smallest absolute Gasteiger partial charge is 0.232 e. The normalized spacial score (nSPS) is 34.4. The third-order valence-electron chi connectivity index (χ3n) is 4.91. The molecule has 0 radical (unpaired) electrons. The Morgan fingerprint density at radius 1 is 1.28 bits per heavy atom. The van der Waals surface area contributed by atoms with Crippen molar-refractivity contribution in [2.45, 2.75) is 31.3 Å². The number of benzene rings is 1. The number of anilines is 1. The molecule has 94 valence electrons. The number of nitrogens with zero attached hydrogens (tertiary/aromatic N) is 2. The standard InChI is InChI=1S/C15H18N2O/c1-16-8-4-6-11-14(16)13-9-10-5-2-3-7-12(10)17(13)15(11)18/h2-3,5,7,11,13-14H,4,6,8-9H2,1H3. The second kappa shape index (κ2) is 3.58. The van der Waals surface area contributed by atoms with Gasteiger partial charge >= 0.3 is 0 Å². The molecule has 1 aromatic rings. The van der Waals surface area contributed by atoms with Gasteiger partial charge in [0.05, 0.1) is 12.0 Å². The zero-order valence-electron chi connectivity index (χ0n) is 10.7. The first-order valence-corrected chi connectivity index (χ1v) is 6.88. The summed E-state index contributed by atoms with van der Waals surface area (Å²) in [5.41, 5.74) is 2.50. The summed E-state index contributed by atoms with van der Waals surface area (Å²) in [6.45, 7) is 1.13. The Morgan fingerprint density at radius 2 is 2.11 bits per heavy atom. The molecule has 18 heavy (non-hydrogen) atoms. The molecule has 3 aliphatic heterocycles. The molecule has 0 bridgehead atoms. The van der Waals surface area contributed by atoms with Crippen LogP contribution >= 0.6 is 0 Å². The van der Waals surface area contributed by atoms with Gasteiger partial charge < -0.3 is 9.80 Å². The van der Waals surface area contributed by atoms with Crippen molar-refractivity contribution in [2.24, 2.45) is 5.92 Å². The fourth-order valence-corrected chi connectivity index (χ4v) is 4.17. The number of carbonyl (C=O) groups excluding carboxylic acids is 1. The van der Waals surface area contributed by atoms with Crippen LogP contribution in [-0.2, 0) is 11.2 Å². The minimum Gasteiger partial charge on any atom is -0.307 e. The van der Waals surface area contributed by atoms with Gasteiger partial charge in [0.1, 0.15) is 0 Å². The number of likely N-dealkylation sites (N-methyl/N-ethyl adjacent to an activating group) is 1. The molecule has 3 heteroatoms. The van der Waals surface area contributed by atoms with E-state index in [-0.39, 0.29) is 5.92 Å². The SMILES string of the molecule is CN1CCCC2C(=O)N3c4ccccc4CC3C21. The van der Waals surface area contributed by atoms with E-state index in [4.69, 9.17) is 0 Å². The average Bonchev–Trinajstić information content (AvgIpc) is 2.87. The quantitative estimate of drug-likeness (QED) is 0.691. The zero-order chi connectivity index (χ0) is 12.3. The van der Waals surface area contributed by atoms with E-state index in [2.05, 4.69) is 35.0 Å². The summed E-state index contributed by atoms with van der Waals surface area (Å²) in [7, 11) is 2.18. The Bertz CT molecular complexity index is 513. The first-order valence-electron chi connectivity index (χ1n) is 6.88. The molecule has 4 rings (SSSR count). The van der Waals surface area contributed by atoms with Gasteiger partial charge in [-0.05, 0) is 44.5 Å². The molecule has 3 aliphatic rings. The number of fused-ring (bicyclic) bond motifs is 5. The number of carbonyl (C=O) groups is 1. The van der Waals surface area contributed by atoms with E-state index in [1.165, 1.54) is 5.56 Å². The Hall–Kier alpha value is -1.35. The second-order valence-corrected chi connectivity index (χ2v) is 5.83. The highest BCUT2D eigenvalue weighted by molar-refractivity contribution is 6.01. The summed E-state index contributed by atoms with van der Waals surface area (Å²) < 4.78 is 0. The Morgan fingerprint density at radius 3 is 3.00 bits per heavy atom. The van der Waals surface area contributed by atoms with E-state index in [9.17, 15) is 4.79 Å². The lowest BCUT2D eigenvalue weighted by Crippen LogP contribution is -2.47. The summed E-state index contributed by atoms with van der Waals surface area (Å²) in [4.78, 5) is 17.1. The number of para-hydroxylation sites is 1. The average molecular weight is 242 g/mol. The lowest BCUT2D eigenvalue weighted by molar-refractivity contribution is -0.122. The molecule has 0 saturated carbocycles. The van der Waals surface area contributed by atoms with E-state index in [1.807, 2.05) is 6.07 Å². The molecule has 3 unspecified atom stereocenters. The zero-order valence-corrected chi connectivity index (χ0v) is 10.7. The minimum absolute atomic E-state index is 0.238. The van der Waals surface area contributed by atoms with Crippen molar-refractivity contribution in [3.8, 4) is 0 Å². The molecule has 0 aliphatic carbocycles. The van der Waals surface area contributed by atoms with Crippen LogP contribution in [0, 0.1) is 5.92 Å². The number of rotatable bonds is 0. The largest absolute Gasteiger partial charge is 0.307 e. The van der Waals surface area contributed by atoms with E-state index < -0.39 is 0 Å². The predicted molar refractivity (Wildman–Crippen MR) is 70.6 cm³/mol. The van der Waals surface area contributed by atoms with Crippen LogP contribution in [0.15, 0.2) is 24.3 Å². The van der Waals surface area contributed by atoms with Gasteiger partial charge in [-0.15, -0.1) is 0 Å². The van der Waals surface area contributed by atoms with E-state index in [1.54, 1.807) is 0 Å². The molecule has 2 fully saturated rings. The minimum atomic E-state index is 0.238. The molecule has 3 atom stereocenters. The highest BCUT2D eigenvalue weighted by atomic mass is 16.2. The van der Waals surface area contributed by atoms with Crippen molar-refractivity contribution in [1.29, 1.82) is 0 Å². The van der Waals surface area contributed by atoms with Gasteiger partial charge in [-0.1, -0.05) is 18.2 Å². The van der Waals surface area contributed by atoms with Crippen molar-refractivity contribution in [1.82, 2.24) is 4.90 Å². The Kier molecular flexibility index (Phi) is 2.10. The maximum absolute atomic E-state index is 12.6. The van der Waals surface area contributed by atoms with Gasteiger partial charge in [0, 0.05) is 11.7 Å². The van der Waals surface area contributed by atoms with Crippen molar-refractivity contribution in [3.05, 3.63) is 29.8 Å². The third kappa shape index (κ3) is 1.20. The van der Waals surface area contributed by atoms with Crippen LogP contribution in [0.5, 0.6) is 0 Å². The number of amides is 1. The summed E-state index contributed by atoms with van der Waals surface area (Å²) in [5.74, 6) is 0.601. The summed E-state index contributed by atoms with van der Waals surface area (Å²) in [6, 6.07) is 9.20. The highest BCUT2D eigenvalue weighted by Crippen LogP contribution is 2.44. The number of hydrogen-bond donors (Lipinski definition) is 0. The maximum atomic E-state index is 12.6. The fraction of sp³-hybridized carbons (Fsp3) is 0.533.